The lowest BCUT2D eigenvalue weighted by atomic mass is 9.62. The second-order valence-electron chi connectivity index (χ2n) is 6.51. The first-order valence-corrected chi connectivity index (χ1v) is 8.36. The van der Waals surface area contributed by atoms with Crippen LogP contribution in [0.15, 0.2) is 22.7 Å². The SMILES string of the molecule is C.Cc1c(Br)cccc1OCC12CCCC(CCC1)C2. The zero-order chi connectivity index (χ0) is 13.3. The standard InChI is InChI=1S/C17H23BrO.CH4/c1-13-15(18)7-2-8-16(13)19-12-17-9-3-5-14(11-17)6-4-10-17;/h2,7-8,14H,3-6,9-12H2,1H3;1H4. The van der Waals surface area contributed by atoms with Gasteiger partial charge in [0.25, 0.3) is 0 Å². The van der Waals surface area contributed by atoms with Crippen molar-refractivity contribution in [2.75, 3.05) is 6.61 Å². The van der Waals surface area contributed by atoms with Crippen molar-refractivity contribution >= 4 is 15.9 Å². The number of halogens is 1. The van der Waals surface area contributed by atoms with E-state index in [2.05, 4.69) is 41.1 Å². The molecule has 2 aliphatic carbocycles. The maximum Gasteiger partial charge on any atom is 0.123 e. The number of fused-ring (bicyclic) bond motifs is 2. The summed E-state index contributed by atoms with van der Waals surface area (Å²) in [4.78, 5) is 0. The van der Waals surface area contributed by atoms with Gasteiger partial charge in [-0.2, -0.15) is 0 Å². The highest BCUT2D eigenvalue weighted by molar-refractivity contribution is 9.10. The molecule has 2 bridgehead atoms. The van der Waals surface area contributed by atoms with Crippen LogP contribution in [-0.4, -0.2) is 6.61 Å². The Hall–Kier alpha value is -0.500. The van der Waals surface area contributed by atoms with Crippen LogP contribution in [0.5, 0.6) is 5.75 Å². The fourth-order valence-electron chi connectivity index (χ4n) is 4.00. The lowest BCUT2D eigenvalue weighted by Crippen LogP contribution is -2.37. The van der Waals surface area contributed by atoms with Crippen LogP contribution >= 0.6 is 15.9 Å². The Morgan fingerprint density at radius 3 is 2.65 bits per heavy atom. The fraction of sp³-hybridized carbons (Fsp3) is 0.667. The smallest absolute Gasteiger partial charge is 0.123 e. The van der Waals surface area contributed by atoms with E-state index in [-0.39, 0.29) is 7.43 Å². The summed E-state index contributed by atoms with van der Waals surface area (Å²) >= 11 is 3.58. The molecule has 1 nitrogen and oxygen atoms in total. The van der Waals surface area contributed by atoms with Crippen molar-refractivity contribution in [3.63, 3.8) is 0 Å². The van der Waals surface area contributed by atoms with Gasteiger partial charge in [-0.25, -0.2) is 0 Å². The van der Waals surface area contributed by atoms with Gasteiger partial charge in [0.1, 0.15) is 5.75 Å². The highest BCUT2D eigenvalue weighted by Crippen LogP contribution is 2.49. The molecule has 0 heterocycles. The molecule has 2 heteroatoms. The molecule has 3 rings (SSSR count). The molecule has 0 saturated heterocycles. The zero-order valence-corrected chi connectivity index (χ0v) is 13.3. The number of rotatable bonds is 3. The van der Waals surface area contributed by atoms with Gasteiger partial charge in [0.15, 0.2) is 0 Å². The van der Waals surface area contributed by atoms with E-state index in [1.165, 1.54) is 50.5 Å². The van der Waals surface area contributed by atoms with E-state index in [1.54, 1.807) is 0 Å². The predicted molar refractivity (Wildman–Crippen MR) is 89.3 cm³/mol. The molecule has 20 heavy (non-hydrogen) atoms. The molecule has 1 aromatic carbocycles. The van der Waals surface area contributed by atoms with Crippen LogP contribution in [-0.2, 0) is 0 Å². The number of hydrogen-bond acceptors (Lipinski definition) is 1. The maximum atomic E-state index is 6.20. The second kappa shape index (κ2) is 6.51. The topological polar surface area (TPSA) is 9.23 Å². The van der Waals surface area contributed by atoms with Gasteiger partial charge in [0, 0.05) is 15.5 Å². The average Bonchev–Trinajstić information content (AvgIpc) is 2.41. The van der Waals surface area contributed by atoms with Crippen molar-refractivity contribution in [1.29, 1.82) is 0 Å². The molecule has 0 aromatic heterocycles. The molecule has 0 spiro atoms. The third-order valence-corrected chi connectivity index (χ3v) is 5.97. The molecule has 0 atom stereocenters. The predicted octanol–water partition coefficient (Wildman–Crippen LogP) is 6.13. The maximum absolute atomic E-state index is 6.20. The quantitative estimate of drug-likeness (QED) is 0.643. The van der Waals surface area contributed by atoms with E-state index in [0.717, 1.165) is 22.7 Å². The minimum absolute atomic E-state index is 0. The Morgan fingerprint density at radius 1 is 1.25 bits per heavy atom. The van der Waals surface area contributed by atoms with Crippen LogP contribution in [0.2, 0.25) is 0 Å². The summed E-state index contributed by atoms with van der Waals surface area (Å²) in [6, 6.07) is 6.24. The summed E-state index contributed by atoms with van der Waals surface area (Å²) in [5.74, 6) is 2.03. The summed E-state index contributed by atoms with van der Waals surface area (Å²) < 4.78 is 7.35. The van der Waals surface area contributed by atoms with Crippen molar-refractivity contribution in [1.82, 2.24) is 0 Å². The van der Waals surface area contributed by atoms with E-state index < -0.39 is 0 Å². The minimum atomic E-state index is 0. The normalized spacial score (nSPS) is 28.6. The summed E-state index contributed by atoms with van der Waals surface area (Å²) in [7, 11) is 0. The van der Waals surface area contributed by atoms with E-state index >= 15 is 0 Å². The van der Waals surface area contributed by atoms with Gasteiger partial charge in [-0.1, -0.05) is 55.1 Å². The van der Waals surface area contributed by atoms with Crippen LogP contribution in [0.1, 0.15) is 57.9 Å². The summed E-state index contributed by atoms with van der Waals surface area (Å²) in [5.41, 5.74) is 1.71. The second-order valence-corrected chi connectivity index (χ2v) is 7.36. The number of ether oxygens (including phenoxy) is 1. The Morgan fingerprint density at radius 2 is 1.95 bits per heavy atom. The Labute approximate surface area is 132 Å². The average molecular weight is 339 g/mol. The van der Waals surface area contributed by atoms with Gasteiger partial charge in [0.05, 0.1) is 6.61 Å². The van der Waals surface area contributed by atoms with Crippen LogP contribution in [0.3, 0.4) is 0 Å². The van der Waals surface area contributed by atoms with Gasteiger partial charge in [-0.05, 0) is 44.2 Å². The van der Waals surface area contributed by atoms with Gasteiger partial charge in [-0.3, -0.25) is 0 Å². The molecule has 0 radical (unpaired) electrons. The number of hydrogen-bond donors (Lipinski definition) is 0. The van der Waals surface area contributed by atoms with Gasteiger partial charge in [-0.15, -0.1) is 0 Å². The Bertz CT molecular complexity index is 445. The van der Waals surface area contributed by atoms with Crippen LogP contribution in [0, 0.1) is 18.3 Å². The summed E-state index contributed by atoms with van der Waals surface area (Å²) in [5, 5.41) is 0. The molecular weight excluding hydrogens is 312 g/mol. The molecule has 1 aromatic rings. The fourth-order valence-corrected chi connectivity index (χ4v) is 4.35. The lowest BCUT2D eigenvalue weighted by molar-refractivity contribution is 0.0280. The third kappa shape index (κ3) is 3.21. The van der Waals surface area contributed by atoms with Gasteiger partial charge < -0.3 is 4.74 Å². The molecule has 2 saturated carbocycles. The van der Waals surface area contributed by atoms with Crippen molar-refractivity contribution in [2.45, 2.75) is 59.3 Å². The largest absolute Gasteiger partial charge is 0.493 e. The van der Waals surface area contributed by atoms with Crippen LogP contribution in [0.25, 0.3) is 0 Å². The van der Waals surface area contributed by atoms with Crippen molar-refractivity contribution < 1.29 is 4.74 Å². The highest BCUT2D eigenvalue weighted by Gasteiger charge is 2.39. The minimum Gasteiger partial charge on any atom is -0.493 e. The molecule has 2 aliphatic rings. The molecule has 2 fully saturated rings. The zero-order valence-electron chi connectivity index (χ0n) is 11.8. The van der Waals surface area contributed by atoms with Crippen molar-refractivity contribution in [2.24, 2.45) is 11.3 Å². The highest BCUT2D eigenvalue weighted by atomic mass is 79.9. The van der Waals surface area contributed by atoms with Crippen molar-refractivity contribution in [3.05, 3.63) is 28.2 Å². The van der Waals surface area contributed by atoms with Crippen molar-refractivity contribution in [3.8, 4) is 5.75 Å². The van der Waals surface area contributed by atoms with Gasteiger partial charge in [0.2, 0.25) is 0 Å². The van der Waals surface area contributed by atoms with E-state index in [9.17, 15) is 0 Å². The lowest BCUT2D eigenvalue weighted by Gasteiger charge is -2.45. The van der Waals surface area contributed by atoms with E-state index in [1.807, 2.05) is 0 Å². The van der Waals surface area contributed by atoms with Crippen LogP contribution < -0.4 is 4.74 Å². The molecular formula is C18H27BrO. The van der Waals surface area contributed by atoms with E-state index in [4.69, 9.17) is 4.74 Å². The van der Waals surface area contributed by atoms with E-state index in [0.29, 0.717) is 5.41 Å². The molecule has 0 aliphatic heterocycles. The molecule has 0 amide bonds. The Kier molecular flexibility index (Phi) is 5.17. The molecule has 0 unspecified atom stereocenters. The first-order valence-electron chi connectivity index (χ1n) is 7.56. The summed E-state index contributed by atoms with van der Waals surface area (Å²) in [6.07, 6.45) is 9.87. The first-order chi connectivity index (χ1) is 9.19. The first kappa shape index (κ1) is 15.9. The monoisotopic (exact) mass is 338 g/mol. The molecule has 0 N–H and O–H groups in total. The van der Waals surface area contributed by atoms with Gasteiger partial charge >= 0.3 is 0 Å². The number of benzene rings is 1. The summed E-state index contributed by atoms with van der Waals surface area (Å²) in [6.45, 7) is 3.04. The Balaban J connectivity index is 0.00000147. The molecule has 112 valence electrons. The van der Waals surface area contributed by atoms with Crippen LogP contribution in [0.4, 0.5) is 0 Å². The third-order valence-electron chi connectivity index (χ3n) is 5.11.